The summed E-state index contributed by atoms with van der Waals surface area (Å²) in [4.78, 5) is 29.3. The molecule has 0 saturated carbocycles. The van der Waals surface area contributed by atoms with Crippen molar-refractivity contribution in [2.24, 2.45) is 12.0 Å². The lowest BCUT2D eigenvalue weighted by molar-refractivity contribution is -0.118. The van der Waals surface area contributed by atoms with Crippen LogP contribution in [0.25, 0.3) is 21.3 Å². The summed E-state index contributed by atoms with van der Waals surface area (Å²) < 4.78 is 9.45. The molecule has 4 rings (SSSR count). The van der Waals surface area contributed by atoms with E-state index in [1.807, 2.05) is 11.6 Å². The van der Waals surface area contributed by atoms with Gasteiger partial charge in [0, 0.05) is 7.05 Å². The van der Waals surface area contributed by atoms with Gasteiger partial charge in [-0.3, -0.25) is 9.36 Å². The van der Waals surface area contributed by atoms with Gasteiger partial charge in [0.2, 0.25) is 0 Å². The summed E-state index contributed by atoms with van der Waals surface area (Å²) in [5.41, 5.74) is 4.49. The van der Waals surface area contributed by atoms with Crippen molar-refractivity contribution in [2.75, 3.05) is 0 Å². The Hall–Kier alpha value is -2.93. The first kappa shape index (κ1) is 16.5. The molecule has 0 saturated heterocycles. The number of nitrogens with zero attached hydrogens (tertiary/aromatic N) is 3. The van der Waals surface area contributed by atoms with Crippen LogP contribution in [-0.2, 0) is 18.4 Å². The van der Waals surface area contributed by atoms with Gasteiger partial charge in [0.05, 0.1) is 15.7 Å². The minimum Gasteiger partial charge on any atom is -0.408 e. The van der Waals surface area contributed by atoms with Gasteiger partial charge < -0.3 is 8.98 Å². The number of carbonyl (C=O) groups is 1. The molecule has 2 heterocycles. The fourth-order valence-electron chi connectivity index (χ4n) is 2.93. The highest BCUT2D eigenvalue weighted by atomic mass is 32.1. The number of carbonyl (C=O) groups excluding carboxylic acids is 1. The predicted molar refractivity (Wildman–Crippen MR) is 101 cm³/mol. The van der Waals surface area contributed by atoms with Crippen LogP contribution in [-0.4, -0.2) is 15.0 Å². The molecule has 1 amide bonds. The number of hydrogen-bond donors (Lipinski definition) is 0. The van der Waals surface area contributed by atoms with Crippen molar-refractivity contribution in [1.82, 2.24) is 9.13 Å². The van der Waals surface area contributed by atoms with Crippen LogP contribution in [0.4, 0.5) is 0 Å². The lowest BCUT2D eigenvalue weighted by Gasteiger charge is -2.01. The van der Waals surface area contributed by atoms with Crippen molar-refractivity contribution < 1.29 is 9.21 Å². The van der Waals surface area contributed by atoms with Crippen LogP contribution in [0.15, 0.2) is 50.6 Å². The zero-order valence-corrected chi connectivity index (χ0v) is 15.5. The van der Waals surface area contributed by atoms with E-state index in [2.05, 4.69) is 31.0 Å². The maximum absolute atomic E-state index is 12.5. The monoisotopic (exact) mass is 367 g/mol. The van der Waals surface area contributed by atoms with Crippen LogP contribution in [0, 0.1) is 13.8 Å². The average molecular weight is 367 g/mol. The smallest absolute Gasteiger partial charge is 0.408 e. The number of oxazole rings is 1. The number of rotatable bonds is 2. The number of benzene rings is 2. The zero-order valence-electron chi connectivity index (χ0n) is 14.6. The summed E-state index contributed by atoms with van der Waals surface area (Å²) >= 11 is 1.46. The summed E-state index contributed by atoms with van der Waals surface area (Å²) in [6.07, 6.45) is 0. The second kappa shape index (κ2) is 6.10. The molecule has 0 radical (unpaired) electrons. The highest BCUT2D eigenvalue weighted by molar-refractivity contribution is 7.16. The molecular formula is C19H17N3O3S. The van der Waals surface area contributed by atoms with Gasteiger partial charge in [-0.25, -0.2) is 4.79 Å². The van der Waals surface area contributed by atoms with Crippen molar-refractivity contribution >= 4 is 38.6 Å². The molecule has 2 aromatic carbocycles. The van der Waals surface area contributed by atoms with E-state index in [9.17, 15) is 9.59 Å². The molecule has 0 N–H and O–H groups in total. The standard InChI is InChI=1S/C19H17N3O3S/c1-11-8-14-16(9-12(11)2)26-18(21(14)3)20-17(23)10-22-13-6-4-5-7-15(13)25-19(22)24/h4-9H,10H2,1-3H3. The maximum atomic E-state index is 12.5. The molecular weight excluding hydrogens is 350 g/mol. The Kier molecular flexibility index (Phi) is 3.88. The summed E-state index contributed by atoms with van der Waals surface area (Å²) in [7, 11) is 1.89. The number of thiazole rings is 1. The topological polar surface area (TPSA) is 69.5 Å². The minimum atomic E-state index is -0.554. The van der Waals surface area contributed by atoms with Gasteiger partial charge in [0.1, 0.15) is 6.54 Å². The van der Waals surface area contributed by atoms with Crippen molar-refractivity contribution in [1.29, 1.82) is 0 Å². The van der Waals surface area contributed by atoms with Crippen molar-refractivity contribution in [3.8, 4) is 0 Å². The van der Waals surface area contributed by atoms with Crippen LogP contribution < -0.4 is 10.6 Å². The highest BCUT2D eigenvalue weighted by Crippen LogP contribution is 2.21. The third-order valence-electron chi connectivity index (χ3n) is 4.51. The fraction of sp³-hybridized carbons (Fsp3) is 0.211. The molecule has 0 fully saturated rings. The SMILES string of the molecule is Cc1cc2sc(=NC(=O)Cn3c(=O)oc4ccccc43)n(C)c2cc1C. The largest absolute Gasteiger partial charge is 0.420 e. The molecule has 132 valence electrons. The number of aryl methyl sites for hydroxylation is 3. The lowest BCUT2D eigenvalue weighted by Crippen LogP contribution is -2.21. The molecule has 0 aliphatic carbocycles. The van der Waals surface area contributed by atoms with Gasteiger partial charge in [0.25, 0.3) is 5.91 Å². The van der Waals surface area contributed by atoms with E-state index in [0.717, 1.165) is 10.2 Å². The molecule has 0 unspecified atom stereocenters. The number of hydrogen-bond acceptors (Lipinski definition) is 4. The van der Waals surface area contributed by atoms with E-state index in [4.69, 9.17) is 4.42 Å². The molecule has 7 heteroatoms. The van der Waals surface area contributed by atoms with Gasteiger partial charge in [-0.05, 0) is 49.2 Å². The second-order valence-corrected chi connectivity index (χ2v) is 7.28. The van der Waals surface area contributed by atoms with Crippen molar-refractivity contribution in [2.45, 2.75) is 20.4 Å². The van der Waals surface area contributed by atoms with E-state index in [1.54, 1.807) is 24.3 Å². The molecule has 6 nitrogen and oxygen atoms in total. The fourth-order valence-corrected chi connectivity index (χ4v) is 4.04. The summed E-state index contributed by atoms with van der Waals surface area (Å²) in [6, 6.07) is 11.2. The zero-order chi connectivity index (χ0) is 18.4. The Bertz CT molecular complexity index is 1290. The predicted octanol–water partition coefficient (Wildman–Crippen LogP) is 2.89. The molecule has 4 aromatic rings. The van der Waals surface area contributed by atoms with Crippen molar-refractivity contribution in [3.63, 3.8) is 0 Å². The van der Waals surface area contributed by atoms with Gasteiger partial charge in [-0.2, -0.15) is 4.99 Å². The van der Waals surface area contributed by atoms with E-state index < -0.39 is 11.7 Å². The summed E-state index contributed by atoms with van der Waals surface area (Å²) in [5, 5.41) is 0. The molecule has 26 heavy (non-hydrogen) atoms. The van der Waals surface area contributed by atoms with E-state index >= 15 is 0 Å². The van der Waals surface area contributed by atoms with E-state index in [0.29, 0.717) is 15.9 Å². The average Bonchev–Trinajstić information content (AvgIpc) is 3.06. The first-order valence-corrected chi connectivity index (χ1v) is 8.98. The summed E-state index contributed by atoms with van der Waals surface area (Å²) in [6.45, 7) is 3.97. The molecule has 0 atom stereocenters. The Labute approximate surface area is 152 Å². The van der Waals surface area contributed by atoms with Crippen LogP contribution in [0.2, 0.25) is 0 Å². The van der Waals surface area contributed by atoms with Gasteiger partial charge in [-0.15, -0.1) is 0 Å². The second-order valence-electron chi connectivity index (χ2n) is 6.28. The minimum absolute atomic E-state index is 0.151. The molecule has 0 bridgehead atoms. The first-order valence-electron chi connectivity index (χ1n) is 8.17. The summed E-state index contributed by atoms with van der Waals surface area (Å²) in [5.74, 6) is -0.948. The van der Waals surface area contributed by atoms with Gasteiger partial charge >= 0.3 is 5.76 Å². The Balaban J connectivity index is 1.75. The molecule has 0 aliphatic heterocycles. The quantitative estimate of drug-likeness (QED) is 0.547. The Morgan fingerprint density at radius 1 is 1.15 bits per heavy atom. The van der Waals surface area contributed by atoms with E-state index in [-0.39, 0.29) is 6.54 Å². The number of fused-ring (bicyclic) bond motifs is 2. The Morgan fingerprint density at radius 3 is 2.69 bits per heavy atom. The lowest BCUT2D eigenvalue weighted by atomic mass is 10.1. The maximum Gasteiger partial charge on any atom is 0.420 e. The van der Waals surface area contributed by atoms with Crippen LogP contribution in [0.5, 0.6) is 0 Å². The van der Waals surface area contributed by atoms with Crippen molar-refractivity contribution in [3.05, 3.63) is 62.9 Å². The molecule has 2 aromatic heterocycles. The van der Waals surface area contributed by atoms with Gasteiger partial charge in [-0.1, -0.05) is 23.5 Å². The van der Waals surface area contributed by atoms with Crippen LogP contribution in [0.3, 0.4) is 0 Å². The first-order chi connectivity index (χ1) is 12.4. The molecule has 0 spiro atoms. The third kappa shape index (κ3) is 2.70. The van der Waals surface area contributed by atoms with Crippen LogP contribution >= 0.6 is 11.3 Å². The van der Waals surface area contributed by atoms with Gasteiger partial charge in [0.15, 0.2) is 10.4 Å². The highest BCUT2D eigenvalue weighted by Gasteiger charge is 2.12. The van der Waals surface area contributed by atoms with E-state index in [1.165, 1.54) is 27.0 Å². The van der Waals surface area contributed by atoms with Crippen LogP contribution in [0.1, 0.15) is 11.1 Å². The number of amides is 1. The Morgan fingerprint density at radius 2 is 1.88 bits per heavy atom. The number of para-hydroxylation sites is 2. The normalized spacial score (nSPS) is 12.3. The third-order valence-corrected chi connectivity index (χ3v) is 5.61. The molecule has 0 aliphatic rings. The number of aromatic nitrogens is 2.